The molecule has 0 saturated carbocycles. The molecule has 0 fully saturated rings. The van der Waals surface area contributed by atoms with Crippen LogP contribution in [0.15, 0.2) is 18.2 Å². The number of ether oxygens (including phenoxy) is 1. The first-order chi connectivity index (χ1) is 9.64. The van der Waals surface area contributed by atoms with Gasteiger partial charge in [0.1, 0.15) is 5.75 Å². The summed E-state index contributed by atoms with van der Waals surface area (Å²) in [5, 5.41) is 11.6. The zero-order valence-corrected chi connectivity index (χ0v) is 12.3. The van der Waals surface area contributed by atoms with Crippen molar-refractivity contribution in [1.82, 2.24) is 10.2 Å². The Morgan fingerprint density at radius 1 is 1.50 bits per heavy atom. The lowest BCUT2D eigenvalue weighted by Gasteiger charge is -2.22. The number of methoxy groups -OCH3 is 1. The van der Waals surface area contributed by atoms with Crippen LogP contribution in [0.25, 0.3) is 0 Å². The van der Waals surface area contributed by atoms with Crippen molar-refractivity contribution in [3.63, 3.8) is 0 Å². The molecule has 0 aliphatic heterocycles. The zero-order valence-electron chi connectivity index (χ0n) is 12.3. The molecule has 5 nitrogen and oxygen atoms in total. The number of nitrogens with one attached hydrogen (secondary N) is 1. The molecule has 1 amide bonds. The number of nitriles is 1. The van der Waals surface area contributed by atoms with E-state index in [2.05, 4.69) is 18.3 Å². The Labute approximate surface area is 120 Å². The van der Waals surface area contributed by atoms with Crippen molar-refractivity contribution in [3.05, 3.63) is 29.3 Å². The molecule has 0 saturated heterocycles. The zero-order chi connectivity index (χ0) is 15.0. The highest BCUT2D eigenvalue weighted by molar-refractivity contribution is 5.77. The molecule has 0 spiro atoms. The quantitative estimate of drug-likeness (QED) is 0.819. The normalized spacial score (nSPS) is 10.2. The van der Waals surface area contributed by atoms with E-state index in [1.807, 2.05) is 11.0 Å². The third kappa shape index (κ3) is 4.56. The first-order valence-corrected chi connectivity index (χ1v) is 6.64. The molecule has 0 heterocycles. The third-order valence-electron chi connectivity index (χ3n) is 2.99. The summed E-state index contributed by atoms with van der Waals surface area (Å²) in [6, 6.07) is 7.45. The molecule has 5 heteroatoms. The smallest absolute Gasteiger partial charge is 0.233 e. The summed E-state index contributed by atoms with van der Waals surface area (Å²) in [5.41, 5.74) is 1.51. The first-order valence-electron chi connectivity index (χ1n) is 6.64. The third-order valence-corrected chi connectivity index (χ3v) is 2.99. The molecule has 0 aromatic heterocycles. The maximum atomic E-state index is 11.5. The van der Waals surface area contributed by atoms with E-state index in [1.165, 1.54) is 0 Å². The summed E-state index contributed by atoms with van der Waals surface area (Å²) in [6.45, 7) is 3.80. The summed E-state index contributed by atoms with van der Waals surface area (Å²) in [6.07, 6.45) is 0.956. The number of rotatable bonds is 7. The van der Waals surface area contributed by atoms with Gasteiger partial charge in [0, 0.05) is 19.2 Å². The molecule has 0 radical (unpaired) electrons. The van der Waals surface area contributed by atoms with E-state index >= 15 is 0 Å². The summed E-state index contributed by atoms with van der Waals surface area (Å²) < 4.78 is 5.32. The number of benzene rings is 1. The summed E-state index contributed by atoms with van der Waals surface area (Å²) >= 11 is 0. The lowest BCUT2D eigenvalue weighted by Crippen LogP contribution is -2.35. The lowest BCUT2D eigenvalue weighted by molar-refractivity contribution is -0.121. The van der Waals surface area contributed by atoms with E-state index in [9.17, 15) is 4.79 Å². The van der Waals surface area contributed by atoms with Gasteiger partial charge in [0.05, 0.1) is 25.3 Å². The van der Waals surface area contributed by atoms with E-state index in [1.54, 1.807) is 26.3 Å². The lowest BCUT2D eigenvalue weighted by atomic mass is 10.1. The molecule has 1 N–H and O–H groups in total. The SMILES string of the molecule is CCCN(CC(=O)NC)Cc1cc(C#N)ccc1OC. The van der Waals surface area contributed by atoms with Crippen LogP contribution in [-0.4, -0.2) is 38.1 Å². The van der Waals surface area contributed by atoms with Crippen LogP contribution in [0.5, 0.6) is 5.75 Å². The van der Waals surface area contributed by atoms with Gasteiger partial charge in [-0.1, -0.05) is 6.92 Å². The Kier molecular flexibility index (Phi) is 6.54. The second-order valence-corrected chi connectivity index (χ2v) is 4.52. The summed E-state index contributed by atoms with van der Waals surface area (Å²) in [5.74, 6) is 0.718. The maximum absolute atomic E-state index is 11.5. The fraction of sp³-hybridized carbons (Fsp3) is 0.467. The van der Waals surface area contributed by atoms with Crippen LogP contribution in [0.3, 0.4) is 0 Å². The van der Waals surface area contributed by atoms with Gasteiger partial charge in [0.2, 0.25) is 5.91 Å². The van der Waals surface area contributed by atoms with Crippen molar-refractivity contribution in [2.45, 2.75) is 19.9 Å². The molecule has 0 aliphatic carbocycles. The molecular formula is C15H21N3O2. The van der Waals surface area contributed by atoms with E-state index in [-0.39, 0.29) is 5.91 Å². The van der Waals surface area contributed by atoms with Gasteiger partial charge >= 0.3 is 0 Å². The van der Waals surface area contributed by atoms with Crippen molar-refractivity contribution in [2.24, 2.45) is 0 Å². The second kappa shape index (κ2) is 8.18. The molecule has 1 aromatic carbocycles. The molecule has 108 valence electrons. The minimum atomic E-state index is -0.0196. The Balaban J connectivity index is 2.91. The Morgan fingerprint density at radius 3 is 2.80 bits per heavy atom. The maximum Gasteiger partial charge on any atom is 0.233 e. The first kappa shape index (κ1) is 16.0. The van der Waals surface area contributed by atoms with Gasteiger partial charge in [-0.2, -0.15) is 5.26 Å². The number of likely N-dealkylation sites (N-methyl/N-ethyl adjacent to an activating group) is 1. The standard InChI is InChI=1S/C15H21N3O2/c1-4-7-18(11-15(19)17-2)10-13-8-12(9-16)5-6-14(13)20-3/h5-6,8H,4,7,10-11H2,1-3H3,(H,17,19). The van der Waals surface area contributed by atoms with Gasteiger partial charge in [0.15, 0.2) is 0 Å². The average Bonchev–Trinajstić information content (AvgIpc) is 2.47. The Bertz CT molecular complexity index is 494. The Hall–Kier alpha value is -2.06. The number of carbonyl (C=O) groups excluding carboxylic acids is 1. The monoisotopic (exact) mass is 275 g/mol. The van der Waals surface area contributed by atoms with E-state index in [0.717, 1.165) is 24.3 Å². The minimum Gasteiger partial charge on any atom is -0.496 e. The van der Waals surface area contributed by atoms with E-state index in [4.69, 9.17) is 10.00 Å². The van der Waals surface area contributed by atoms with Crippen LogP contribution in [-0.2, 0) is 11.3 Å². The van der Waals surface area contributed by atoms with Crippen molar-refractivity contribution >= 4 is 5.91 Å². The van der Waals surface area contributed by atoms with Crippen LogP contribution in [0, 0.1) is 11.3 Å². The molecule has 0 bridgehead atoms. The van der Waals surface area contributed by atoms with Gasteiger partial charge in [-0.3, -0.25) is 9.69 Å². The molecule has 0 atom stereocenters. The molecule has 20 heavy (non-hydrogen) atoms. The molecule has 0 aliphatic rings. The number of amides is 1. The highest BCUT2D eigenvalue weighted by atomic mass is 16.5. The van der Waals surface area contributed by atoms with Crippen LogP contribution in [0.1, 0.15) is 24.5 Å². The summed E-state index contributed by atoms with van der Waals surface area (Å²) in [4.78, 5) is 13.6. The van der Waals surface area contributed by atoms with Crippen molar-refractivity contribution in [2.75, 3.05) is 27.2 Å². The Morgan fingerprint density at radius 2 is 2.25 bits per heavy atom. The van der Waals surface area contributed by atoms with Gasteiger partial charge in [-0.25, -0.2) is 0 Å². The predicted octanol–water partition coefficient (Wildman–Crippen LogP) is 1.52. The minimum absolute atomic E-state index is 0.0196. The number of hydrogen-bond acceptors (Lipinski definition) is 4. The van der Waals surface area contributed by atoms with Crippen LogP contribution < -0.4 is 10.1 Å². The van der Waals surface area contributed by atoms with Crippen molar-refractivity contribution in [3.8, 4) is 11.8 Å². The number of nitrogens with zero attached hydrogens (tertiary/aromatic N) is 2. The van der Waals surface area contributed by atoms with Gasteiger partial charge in [-0.15, -0.1) is 0 Å². The fourth-order valence-electron chi connectivity index (χ4n) is 2.02. The molecule has 1 rings (SSSR count). The van der Waals surface area contributed by atoms with Crippen LogP contribution in [0.4, 0.5) is 0 Å². The van der Waals surface area contributed by atoms with E-state index in [0.29, 0.717) is 18.7 Å². The molecule has 1 aromatic rings. The fourth-order valence-corrected chi connectivity index (χ4v) is 2.02. The van der Waals surface area contributed by atoms with Crippen LogP contribution in [0.2, 0.25) is 0 Å². The van der Waals surface area contributed by atoms with Crippen molar-refractivity contribution < 1.29 is 9.53 Å². The second-order valence-electron chi connectivity index (χ2n) is 4.52. The highest BCUT2D eigenvalue weighted by Crippen LogP contribution is 2.21. The van der Waals surface area contributed by atoms with Gasteiger partial charge < -0.3 is 10.1 Å². The largest absolute Gasteiger partial charge is 0.496 e. The summed E-state index contributed by atoms with van der Waals surface area (Å²) in [7, 11) is 3.23. The van der Waals surface area contributed by atoms with Crippen molar-refractivity contribution in [1.29, 1.82) is 5.26 Å². The van der Waals surface area contributed by atoms with Gasteiger partial charge in [0.25, 0.3) is 0 Å². The predicted molar refractivity (Wildman–Crippen MR) is 77.3 cm³/mol. The number of hydrogen-bond donors (Lipinski definition) is 1. The van der Waals surface area contributed by atoms with Gasteiger partial charge in [-0.05, 0) is 31.2 Å². The van der Waals surface area contributed by atoms with Crippen LogP contribution >= 0.6 is 0 Å². The molecule has 0 unspecified atom stereocenters. The molecular weight excluding hydrogens is 254 g/mol. The highest BCUT2D eigenvalue weighted by Gasteiger charge is 2.13. The topological polar surface area (TPSA) is 65.4 Å². The van der Waals surface area contributed by atoms with E-state index < -0.39 is 0 Å². The average molecular weight is 275 g/mol. The number of carbonyl (C=O) groups is 1.